The Balaban J connectivity index is 1.45. The van der Waals surface area contributed by atoms with Crippen LogP contribution in [-0.4, -0.2) is 41.5 Å². The first-order valence-corrected chi connectivity index (χ1v) is 11.6. The fraction of sp³-hybridized carbons (Fsp3) is 0.296. The summed E-state index contributed by atoms with van der Waals surface area (Å²) in [5, 5.41) is 12.5. The fourth-order valence-corrected chi connectivity index (χ4v) is 4.00. The number of amides is 3. The molecular weight excluding hydrogens is 428 g/mol. The van der Waals surface area contributed by atoms with Gasteiger partial charge in [-0.2, -0.15) is 5.26 Å². The number of carbonyl (C=O) groups excluding carboxylic acids is 2. The van der Waals surface area contributed by atoms with Crippen LogP contribution < -0.4 is 10.2 Å². The summed E-state index contributed by atoms with van der Waals surface area (Å²) in [4.78, 5) is 27.8. The highest BCUT2D eigenvalue weighted by atomic mass is 16.5. The molecule has 0 aliphatic carbocycles. The molecule has 1 heterocycles. The van der Waals surface area contributed by atoms with Crippen molar-refractivity contribution < 1.29 is 14.3 Å². The quantitative estimate of drug-likeness (QED) is 0.568. The molecule has 0 bridgehead atoms. The van der Waals surface area contributed by atoms with Gasteiger partial charge in [-0.1, -0.05) is 55.3 Å². The van der Waals surface area contributed by atoms with Crippen LogP contribution in [0.5, 0.6) is 5.75 Å². The van der Waals surface area contributed by atoms with Crippen molar-refractivity contribution in [3.63, 3.8) is 0 Å². The number of likely N-dealkylation sites (tertiary alicyclic amines) is 1. The number of benzene rings is 3. The number of fused-ring (bicyclic) bond motifs is 1. The molecule has 34 heavy (non-hydrogen) atoms. The van der Waals surface area contributed by atoms with Crippen molar-refractivity contribution in [2.24, 2.45) is 0 Å². The molecule has 1 saturated heterocycles. The van der Waals surface area contributed by atoms with Gasteiger partial charge < -0.3 is 9.64 Å². The third kappa shape index (κ3) is 6.04. The van der Waals surface area contributed by atoms with E-state index in [2.05, 4.69) is 11.5 Å². The highest BCUT2D eigenvalue weighted by molar-refractivity contribution is 5.84. The van der Waals surface area contributed by atoms with Crippen LogP contribution in [0.2, 0.25) is 0 Å². The van der Waals surface area contributed by atoms with Crippen LogP contribution in [0, 0.1) is 11.3 Å². The number of ether oxygens (including phenoxy) is 1. The SMILES string of the molecule is N#Cc1ccc(CN(NC(=O)N2CCCCCC2)C(=O)COc2ccc3ccccc3c2)cc1. The number of nitrogens with one attached hydrogen (secondary N) is 1. The third-order valence-corrected chi connectivity index (χ3v) is 5.93. The maximum atomic E-state index is 13.1. The van der Waals surface area contributed by atoms with Crippen molar-refractivity contribution >= 4 is 22.7 Å². The van der Waals surface area contributed by atoms with Gasteiger partial charge in [0.2, 0.25) is 0 Å². The molecule has 3 aromatic carbocycles. The lowest BCUT2D eigenvalue weighted by Crippen LogP contribution is -2.52. The van der Waals surface area contributed by atoms with Gasteiger partial charge in [0.25, 0.3) is 5.91 Å². The van der Waals surface area contributed by atoms with E-state index in [0.29, 0.717) is 24.4 Å². The number of hydrazine groups is 1. The average Bonchev–Trinajstić information content (AvgIpc) is 3.17. The lowest BCUT2D eigenvalue weighted by molar-refractivity contribution is -0.136. The fourth-order valence-electron chi connectivity index (χ4n) is 4.00. The molecule has 4 rings (SSSR count). The summed E-state index contributed by atoms with van der Waals surface area (Å²) in [5.41, 5.74) is 4.12. The molecule has 0 unspecified atom stereocenters. The first-order valence-electron chi connectivity index (χ1n) is 11.6. The molecule has 7 nitrogen and oxygen atoms in total. The molecule has 1 aliphatic heterocycles. The van der Waals surface area contributed by atoms with Crippen molar-refractivity contribution in [2.45, 2.75) is 32.2 Å². The Morgan fingerprint density at radius 2 is 1.65 bits per heavy atom. The van der Waals surface area contributed by atoms with Crippen molar-refractivity contribution in [1.82, 2.24) is 15.3 Å². The van der Waals surface area contributed by atoms with Gasteiger partial charge in [0.1, 0.15) is 5.75 Å². The van der Waals surface area contributed by atoms with Gasteiger partial charge in [0.05, 0.1) is 18.2 Å². The zero-order valence-electron chi connectivity index (χ0n) is 19.1. The van der Waals surface area contributed by atoms with Gasteiger partial charge in [-0.25, -0.2) is 15.2 Å². The molecule has 0 spiro atoms. The summed E-state index contributed by atoms with van der Waals surface area (Å²) in [7, 11) is 0. The number of rotatable bonds is 5. The van der Waals surface area contributed by atoms with Gasteiger partial charge in [-0.15, -0.1) is 0 Å². The van der Waals surface area contributed by atoms with Crippen LogP contribution in [0.3, 0.4) is 0 Å². The second-order valence-electron chi connectivity index (χ2n) is 8.40. The molecule has 3 aromatic rings. The molecule has 1 fully saturated rings. The summed E-state index contributed by atoms with van der Waals surface area (Å²) in [5.74, 6) is 0.227. The Hall–Kier alpha value is -4.05. The number of nitriles is 1. The molecule has 0 aromatic heterocycles. The van der Waals surface area contributed by atoms with E-state index >= 15 is 0 Å². The Kier molecular flexibility index (Phi) is 7.61. The van der Waals surface area contributed by atoms with Crippen LogP contribution in [0.4, 0.5) is 4.79 Å². The Labute approximate surface area is 199 Å². The summed E-state index contributed by atoms with van der Waals surface area (Å²) in [6.07, 6.45) is 4.14. The normalized spacial score (nSPS) is 13.6. The third-order valence-electron chi connectivity index (χ3n) is 5.93. The van der Waals surface area contributed by atoms with E-state index in [1.165, 1.54) is 5.01 Å². The zero-order chi connectivity index (χ0) is 23.8. The minimum absolute atomic E-state index is 0.172. The molecule has 1 aliphatic rings. The Morgan fingerprint density at radius 1 is 0.941 bits per heavy atom. The number of hydrogen-bond acceptors (Lipinski definition) is 4. The lowest BCUT2D eigenvalue weighted by Gasteiger charge is -2.28. The number of nitrogens with zero attached hydrogens (tertiary/aromatic N) is 3. The minimum atomic E-state index is -0.360. The Morgan fingerprint density at radius 3 is 2.35 bits per heavy atom. The largest absolute Gasteiger partial charge is 0.484 e. The number of carbonyl (C=O) groups is 2. The zero-order valence-corrected chi connectivity index (χ0v) is 19.1. The molecule has 3 amide bonds. The van der Waals surface area contributed by atoms with E-state index in [-0.39, 0.29) is 25.1 Å². The molecule has 0 saturated carbocycles. The van der Waals surface area contributed by atoms with E-state index in [1.807, 2.05) is 42.5 Å². The smallest absolute Gasteiger partial charge is 0.336 e. The van der Waals surface area contributed by atoms with E-state index in [0.717, 1.165) is 42.0 Å². The van der Waals surface area contributed by atoms with Crippen LogP contribution in [0.15, 0.2) is 66.7 Å². The highest BCUT2D eigenvalue weighted by Crippen LogP contribution is 2.20. The first-order chi connectivity index (χ1) is 16.6. The van der Waals surface area contributed by atoms with Crippen molar-refractivity contribution in [1.29, 1.82) is 5.26 Å². The average molecular weight is 457 g/mol. The van der Waals surface area contributed by atoms with Crippen molar-refractivity contribution in [3.05, 3.63) is 77.9 Å². The van der Waals surface area contributed by atoms with Crippen LogP contribution in [0.1, 0.15) is 36.8 Å². The van der Waals surface area contributed by atoms with Gasteiger partial charge in [-0.05, 0) is 53.4 Å². The topological polar surface area (TPSA) is 85.7 Å². The molecule has 0 atom stereocenters. The number of hydrogen-bond donors (Lipinski definition) is 1. The van der Waals surface area contributed by atoms with Gasteiger partial charge in [0.15, 0.2) is 6.61 Å². The Bertz CT molecular complexity index is 1180. The maximum absolute atomic E-state index is 13.1. The predicted octanol–water partition coefficient (Wildman–Crippen LogP) is 4.62. The van der Waals surface area contributed by atoms with E-state index in [4.69, 9.17) is 10.00 Å². The second kappa shape index (κ2) is 11.2. The summed E-state index contributed by atoms with van der Waals surface area (Å²) in [6.45, 7) is 1.32. The summed E-state index contributed by atoms with van der Waals surface area (Å²) >= 11 is 0. The minimum Gasteiger partial charge on any atom is -0.484 e. The predicted molar refractivity (Wildman–Crippen MR) is 130 cm³/mol. The number of urea groups is 1. The maximum Gasteiger partial charge on any atom is 0.336 e. The molecule has 1 N–H and O–H groups in total. The van der Waals surface area contributed by atoms with E-state index in [9.17, 15) is 9.59 Å². The van der Waals surface area contributed by atoms with Gasteiger partial charge >= 0.3 is 6.03 Å². The molecular formula is C27H28N4O3. The highest BCUT2D eigenvalue weighted by Gasteiger charge is 2.22. The summed E-state index contributed by atoms with van der Waals surface area (Å²) < 4.78 is 5.78. The van der Waals surface area contributed by atoms with Crippen LogP contribution in [-0.2, 0) is 11.3 Å². The molecule has 7 heteroatoms. The van der Waals surface area contributed by atoms with Crippen molar-refractivity contribution in [3.8, 4) is 11.8 Å². The standard InChI is InChI=1S/C27H28N4O3/c28-18-21-9-11-22(12-10-21)19-31(29-27(33)30-15-5-1-2-6-16-30)26(32)20-34-25-14-13-23-7-3-4-8-24(23)17-25/h3-4,7-14,17H,1-2,5-6,15-16,19-20H2,(H,29,33). The van der Waals surface area contributed by atoms with E-state index < -0.39 is 0 Å². The lowest BCUT2D eigenvalue weighted by atomic mass is 10.1. The van der Waals surface area contributed by atoms with Gasteiger partial charge in [0, 0.05) is 13.1 Å². The monoisotopic (exact) mass is 456 g/mol. The second-order valence-corrected chi connectivity index (χ2v) is 8.40. The van der Waals surface area contributed by atoms with Crippen molar-refractivity contribution in [2.75, 3.05) is 19.7 Å². The first kappa shape index (κ1) is 23.1. The molecule has 174 valence electrons. The van der Waals surface area contributed by atoms with Crippen LogP contribution >= 0.6 is 0 Å². The molecule has 0 radical (unpaired) electrons. The summed E-state index contributed by atoms with van der Waals surface area (Å²) in [6, 6.07) is 22.4. The van der Waals surface area contributed by atoms with Gasteiger partial charge in [-0.3, -0.25) is 4.79 Å². The van der Waals surface area contributed by atoms with Crippen LogP contribution in [0.25, 0.3) is 10.8 Å². The van der Waals surface area contributed by atoms with E-state index in [1.54, 1.807) is 29.2 Å².